The number of halogens is 1. The van der Waals surface area contributed by atoms with Crippen molar-refractivity contribution in [3.63, 3.8) is 0 Å². The van der Waals surface area contributed by atoms with E-state index >= 15 is 0 Å². The molecule has 0 radical (unpaired) electrons. The SMILES string of the molecule is CS(=O)(=O)c1cc(Br)c2ccccc2c1. The predicted octanol–water partition coefficient (Wildman–Crippen LogP) is 3.01. The molecule has 0 unspecified atom stereocenters. The molecule has 4 heteroatoms. The minimum atomic E-state index is -3.15. The average molecular weight is 285 g/mol. The summed E-state index contributed by atoms with van der Waals surface area (Å²) in [5, 5.41) is 1.94. The van der Waals surface area contributed by atoms with E-state index in [1.807, 2.05) is 24.3 Å². The number of sulfone groups is 1. The normalized spacial score (nSPS) is 11.9. The van der Waals surface area contributed by atoms with Gasteiger partial charge in [0.25, 0.3) is 0 Å². The van der Waals surface area contributed by atoms with Gasteiger partial charge in [-0.3, -0.25) is 0 Å². The molecule has 2 aromatic rings. The average Bonchev–Trinajstić information content (AvgIpc) is 2.16. The first-order chi connectivity index (χ1) is 6.98. The van der Waals surface area contributed by atoms with Crippen LogP contribution in [0.25, 0.3) is 10.8 Å². The highest BCUT2D eigenvalue weighted by Crippen LogP contribution is 2.27. The topological polar surface area (TPSA) is 34.1 Å². The van der Waals surface area contributed by atoms with Crippen LogP contribution in [0.2, 0.25) is 0 Å². The van der Waals surface area contributed by atoms with Crippen molar-refractivity contribution in [1.29, 1.82) is 0 Å². The summed E-state index contributed by atoms with van der Waals surface area (Å²) in [6.07, 6.45) is 1.21. The number of benzene rings is 2. The molecule has 0 saturated carbocycles. The van der Waals surface area contributed by atoms with Crippen LogP contribution in [0.4, 0.5) is 0 Å². The van der Waals surface area contributed by atoms with Gasteiger partial charge in [-0.1, -0.05) is 40.2 Å². The van der Waals surface area contributed by atoms with Crippen molar-refractivity contribution in [2.75, 3.05) is 6.26 Å². The fraction of sp³-hybridized carbons (Fsp3) is 0.0909. The lowest BCUT2D eigenvalue weighted by Gasteiger charge is -2.04. The third-order valence-electron chi connectivity index (χ3n) is 2.21. The van der Waals surface area contributed by atoms with Crippen molar-refractivity contribution >= 4 is 36.5 Å². The molecule has 0 atom stereocenters. The molecule has 15 heavy (non-hydrogen) atoms. The van der Waals surface area contributed by atoms with E-state index in [4.69, 9.17) is 0 Å². The Hall–Kier alpha value is -0.870. The number of hydrogen-bond donors (Lipinski definition) is 0. The maximum Gasteiger partial charge on any atom is 0.175 e. The summed E-state index contributed by atoms with van der Waals surface area (Å²) in [4.78, 5) is 0.341. The van der Waals surface area contributed by atoms with E-state index in [-0.39, 0.29) is 0 Å². The van der Waals surface area contributed by atoms with Crippen LogP contribution in [-0.4, -0.2) is 14.7 Å². The second-order valence-electron chi connectivity index (χ2n) is 3.40. The zero-order valence-electron chi connectivity index (χ0n) is 8.07. The van der Waals surface area contributed by atoms with Crippen LogP contribution in [0.5, 0.6) is 0 Å². The Morgan fingerprint density at radius 3 is 2.47 bits per heavy atom. The first kappa shape index (κ1) is 10.6. The molecule has 0 spiro atoms. The smallest absolute Gasteiger partial charge is 0.175 e. The Bertz CT molecular complexity index is 618. The quantitative estimate of drug-likeness (QED) is 0.807. The summed E-state index contributed by atoms with van der Waals surface area (Å²) in [6, 6.07) is 11.0. The van der Waals surface area contributed by atoms with Crippen LogP contribution in [0.1, 0.15) is 0 Å². The van der Waals surface area contributed by atoms with Crippen molar-refractivity contribution in [2.24, 2.45) is 0 Å². The lowest BCUT2D eigenvalue weighted by atomic mass is 10.1. The monoisotopic (exact) mass is 284 g/mol. The van der Waals surface area contributed by atoms with Gasteiger partial charge < -0.3 is 0 Å². The predicted molar refractivity (Wildman–Crippen MR) is 64.8 cm³/mol. The van der Waals surface area contributed by atoms with Crippen molar-refractivity contribution in [2.45, 2.75) is 4.90 Å². The lowest BCUT2D eigenvalue weighted by Crippen LogP contribution is -1.96. The van der Waals surface area contributed by atoms with Crippen LogP contribution < -0.4 is 0 Å². The van der Waals surface area contributed by atoms with E-state index in [0.29, 0.717) is 4.90 Å². The van der Waals surface area contributed by atoms with Crippen LogP contribution in [0.3, 0.4) is 0 Å². The van der Waals surface area contributed by atoms with Gasteiger partial charge in [-0.05, 0) is 22.9 Å². The van der Waals surface area contributed by atoms with Gasteiger partial charge in [0, 0.05) is 10.7 Å². The van der Waals surface area contributed by atoms with Gasteiger partial charge in [-0.15, -0.1) is 0 Å². The molecule has 0 fully saturated rings. The highest BCUT2D eigenvalue weighted by Gasteiger charge is 2.09. The van der Waals surface area contributed by atoms with E-state index in [9.17, 15) is 8.42 Å². The maximum atomic E-state index is 11.4. The van der Waals surface area contributed by atoms with Gasteiger partial charge in [-0.25, -0.2) is 8.42 Å². The van der Waals surface area contributed by atoms with Crippen LogP contribution in [-0.2, 0) is 9.84 Å². The molecule has 0 saturated heterocycles. The van der Waals surface area contributed by atoms with Crippen molar-refractivity contribution in [1.82, 2.24) is 0 Å². The molecular weight excluding hydrogens is 276 g/mol. The molecule has 2 nitrogen and oxygen atoms in total. The largest absolute Gasteiger partial charge is 0.224 e. The maximum absolute atomic E-state index is 11.4. The summed E-state index contributed by atoms with van der Waals surface area (Å²) in [7, 11) is -3.15. The van der Waals surface area contributed by atoms with Crippen LogP contribution in [0.15, 0.2) is 45.8 Å². The van der Waals surface area contributed by atoms with Gasteiger partial charge in [0.05, 0.1) is 4.90 Å². The van der Waals surface area contributed by atoms with E-state index in [2.05, 4.69) is 15.9 Å². The van der Waals surface area contributed by atoms with Crippen molar-refractivity contribution in [3.8, 4) is 0 Å². The van der Waals surface area contributed by atoms with Crippen molar-refractivity contribution in [3.05, 3.63) is 40.9 Å². The second kappa shape index (κ2) is 3.61. The van der Waals surface area contributed by atoms with E-state index in [1.165, 1.54) is 6.26 Å². The Labute approximate surface area is 97.0 Å². The summed E-state index contributed by atoms with van der Waals surface area (Å²) in [6.45, 7) is 0. The van der Waals surface area contributed by atoms with Crippen LogP contribution >= 0.6 is 15.9 Å². The molecule has 0 aromatic heterocycles. The fourth-order valence-corrected chi connectivity index (χ4v) is 2.88. The number of rotatable bonds is 1. The molecule has 0 amide bonds. The van der Waals surface area contributed by atoms with Crippen LogP contribution in [0, 0.1) is 0 Å². The number of fused-ring (bicyclic) bond motifs is 1. The van der Waals surface area contributed by atoms with E-state index in [1.54, 1.807) is 12.1 Å². The highest BCUT2D eigenvalue weighted by molar-refractivity contribution is 9.10. The first-order valence-electron chi connectivity index (χ1n) is 4.37. The molecule has 2 aromatic carbocycles. The summed E-state index contributed by atoms with van der Waals surface area (Å²) < 4.78 is 23.6. The minimum Gasteiger partial charge on any atom is -0.224 e. The Balaban J connectivity index is 2.85. The summed E-state index contributed by atoms with van der Waals surface area (Å²) in [5.74, 6) is 0. The van der Waals surface area contributed by atoms with Crippen molar-refractivity contribution < 1.29 is 8.42 Å². The first-order valence-corrected chi connectivity index (χ1v) is 7.05. The molecule has 0 aliphatic rings. The molecule has 78 valence electrons. The molecule has 0 aliphatic heterocycles. The summed E-state index contributed by atoms with van der Waals surface area (Å²) in [5.41, 5.74) is 0. The second-order valence-corrected chi connectivity index (χ2v) is 6.27. The molecule has 0 bridgehead atoms. The summed E-state index contributed by atoms with van der Waals surface area (Å²) >= 11 is 3.38. The standard InChI is InChI=1S/C11H9BrO2S/c1-15(13,14)9-6-8-4-2-3-5-10(8)11(12)7-9/h2-7H,1H3. The molecule has 0 N–H and O–H groups in total. The van der Waals surface area contributed by atoms with E-state index < -0.39 is 9.84 Å². The lowest BCUT2D eigenvalue weighted by molar-refractivity contribution is 0.602. The van der Waals surface area contributed by atoms with E-state index in [0.717, 1.165) is 15.2 Å². The highest BCUT2D eigenvalue weighted by atomic mass is 79.9. The zero-order chi connectivity index (χ0) is 11.1. The molecule has 0 heterocycles. The zero-order valence-corrected chi connectivity index (χ0v) is 10.5. The minimum absolute atomic E-state index is 0.341. The Morgan fingerprint density at radius 1 is 1.13 bits per heavy atom. The van der Waals surface area contributed by atoms with Gasteiger partial charge in [0.15, 0.2) is 9.84 Å². The van der Waals surface area contributed by atoms with Gasteiger partial charge in [-0.2, -0.15) is 0 Å². The molecular formula is C11H9BrO2S. The molecule has 2 rings (SSSR count). The van der Waals surface area contributed by atoms with Gasteiger partial charge in [0.1, 0.15) is 0 Å². The van der Waals surface area contributed by atoms with Gasteiger partial charge >= 0.3 is 0 Å². The third-order valence-corrected chi connectivity index (χ3v) is 3.96. The number of hydrogen-bond acceptors (Lipinski definition) is 2. The Kier molecular flexibility index (Phi) is 2.56. The third kappa shape index (κ3) is 2.06. The molecule has 0 aliphatic carbocycles. The fourth-order valence-electron chi connectivity index (χ4n) is 1.45. The Morgan fingerprint density at radius 2 is 1.80 bits per heavy atom. The van der Waals surface area contributed by atoms with Gasteiger partial charge in [0.2, 0.25) is 0 Å².